The van der Waals surface area contributed by atoms with E-state index in [-0.39, 0.29) is 6.23 Å². The third-order valence-corrected chi connectivity index (χ3v) is 3.65. The summed E-state index contributed by atoms with van der Waals surface area (Å²) >= 11 is 0. The first kappa shape index (κ1) is 13.2. The number of benzene rings is 1. The fraction of sp³-hybridized carbons (Fsp3) is 0.429. The molecule has 0 radical (unpaired) electrons. The normalized spacial score (nSPS) is 20.5. The molecule has 1 aromatic carbocycles. The standard InChI is InChI=1S/C14H18N4O2/c1-19-14-9-17(5-6-18(14)20-2)12-4-3-11-8-15-10-16-13(11)7-12/h3-4,7-8,10,14H,5-6,9H2,1-2H3. The van der Waals surface area contributed by atoms with E-state index in [0.29, 0.717) is 0 Å². The van der Waals surface area contributed by atoms with E-state index in [1.807, 2.05) is 11.3 Å². The van der Waals surface area contributed by atoms with Crippen molar-refractivity contribution in [3.63, 3.8) is 0 Å². The van der Waals surface area contributed by atoms with E-state index < -0.39 is 0 Å². The molecule has 3 rings (SSSR count). The Kier molecular flexibility index (Phi) is 3.77. The van der Waals surface area contributed by atoms with Crippen LogP contribution in [0.4, 0.5) is 5.69 Å². The molecule has 6 nitrogen and oxygen atoms in total. The lowest BCUT2D eigenvalue weighted by Crippen LogP contribution is -2.53. The van der Waals surface area contributed by atoms with Crippen LogP contribution in [0.3, 0.4) is 0 Å². The van der Waals surface area contributed by atoms with Crippen LogP contribution >= 0.6 is 0 Å². The summed E-state index contributed by atoms with van der Waals surface area (Å²) in [6.45, 7) is 2.46. The summed E-state index contributed by atoms with van der Waals surface area (Å²) in [5.41, 5.74) is 2.11. The summed E-state index contributed by atoms with van der Waals surface area (Å²) < 4.78 is 5.47. The smallest absolute Gasteiger partial charge is 0.150 e. The molecule has 20 heavy (non-hydrogen) atoms. The van der Waals surface area contributed by atoms with Gasteiger partial charge >= 0.3 is 0 Å². The SMILES string of the molecule is COC1CN(c2ccc3cncnc3c2)CCN1OC. The summed E-state index contributed by atoms with van der Waals surface area (Å²) in [6, 6.07) is 6.24. The number of methoxy groups -OCH3 is 1. The number of fused-ring (bicyclic) bond motifs is 1. The number of piperazine rings is 1. The molecule has 106 valence electrons. The van der Waals surface area contributed by atoms with Gasteiger partial charge in [0.2, 0.25) is 0 Å². The van der Waals surface area contributed by atoms with Gasteiger partial charge in [-0.25, -0.2) is 9.97 Å². The Hall–Kier alpha value is -1.76. The molecular formula is C14H18N4O2. The van der Waals surface area contributed by atoms with E-state index in [1.165, 1.54) is 0 Å². The van der Waals surface area contributed by atoms with E-state index >= 15 is 0 Å². The van der Waals surface area contributed by atoms with Crippen molar-refractivity contribution in [2.75, 3.05) is 38.8 Å². The van der Waals surface area contributed by atoms with Gasteiger partial charge in [-0.2, -0.15) is 5.06 Å². The average molecular weight is 274 g/mol. The Morgan fingerprint density at radius 1 is 1.25 bits per heavy atom. The molecule has 0 N–H and O–H groups in total. The Balaban J connectivity index is 1.84. The maximum atomic E-state index is 5.47. The summed E-state index contributed by atoms with van der Waals surface area (Å²) in [5, 5.41) is 2.91. The minimum atomic E-state index is -0.0603. The van der Waals surface area contributed by atoms with Crippen LogP contribution in [0.25, 0.3) is 10.9 Å². The van der Waals surface area contributed by atoms with E-state index in [4.69, 9.17) is 9.57 Å². The highest BCUT2D eigenvalue weighted by Gasteiger charge is 2.27. The van der Waals surface area contributed by atoms with Gasteiger partial charge in [0, 0.05) is 37.5 Å². The molecule has 1 aliphatic heterocycles. The quantitative estimate of drug-likeness (QED) is 0.840. The lowest BCUT2D eigenvalue weighted by molar-refractivity contribution is -0.231. The number of hydrogen-bond acceptors (Lipinski definition) is 6. The maximum absolute atomic E-state index is 5.47. The van der Waals surface area contributed by atoms with E-state index in [0.717, 1.165) is 36.2 Å². The fourth-order valence-corrected chi connectivity index (χ4v) is 2.53. The van der Waals surface area contributed by atoms with Crippen LogP contribution in [0.5, 0.6) is 0 Å². The van der Waals surface area contributed by atoms with Crippen LogP contribution in [-0.4, -0.2) is 55.1 Å². The molecule has 0 amide bonds. The molecule has 0 bridgehead atoms. The second-order valence-electron chi connectivity index (χ2n) is 4.73. The zero-order chi connectivity index (χ0) is 13.9. The number of nitrogens with zero attached hydrogens (tertiary/aromatic N) is 4. The van der Waals surface area contributed by atoms with E-state index in [9.17, 15) is 0 Å². The average Bonchev–Trinajstić information content (AvgIpc) is 2.53. The summed E-state index contributed by atoms with van der Waals surface area (Å²) in [7, 11) is 3.38. The number of anilines is 1. The highest BCUT2D eigenvalue weighted by Crippen LogP contribution is 2.23. The Morgan fingerprint density at radius 3 is 2.95 bits per heavy atom. The van der Waals surface area contributed by atoms with Crippen LogP contribution in [0.15, 0.2) is 30.7 Å². The zero-order valence-corrected chi connectivity index (χ0v) is 11.7. The molecule has 1 unspecified atom stereocenters. The first-order valence-corrected chi connectivity index (χ1v) is 6.60. The summed E-state index contributed by atoms with van der Waals surface area (Å²) in [6.07, 6.45) is 3.34. The monoisotopic (exact) mass is 274 g/mol. The Morgan fingerprint density at radius 2 is 2.15 bits per heavy atom. The number of hydroxylamine groups is 2. The van der Waals surface area contributed by atoms with Gasteiger partial charge in [-0.05, 0) is 18.2 Å². The topological polar surface area (TPSA) is 50.7 Å². The Bertz CT molecular complexity index is 592. The molecule has 2 heterocycles. The second-order valence-corrected chi connectivity index (χ2v) is 4.73. The molecule has 6 heteroatoms. The van der Waals surface area contributed by atoms with Gasteiger partial charge in [-0.3, -0.25) is 4.84 Å². The van der Waals surface area contributed by atoms with Crippen molar-refractivity contribution in [1.82, 2.24) is 15.0 Å². The van der Waals surface area contributed by atoms with Crippen LogP contribution in [0, 0.1) is 0 Å². The van der Waals surface area contributed by atoms with Crippen LogP contribution in [0.2, 0.25) is 0 Å². The fourth-order valence-electron chi connectivity index (χ4n) is 2.53. The van der Waals surface area contributed by atoms with Gasteiger partial charge in [0.05, 0.1) is 19.2 Å². The molecule has 1 aromatic heterocycles. The van der Waals surface area contributed by atoms with Crippen molar-refractivity contribution in [2.24, 2.45) is 0 Å². The predicted molar refractivity (Wildman–Crippen MR) is 76.3 cm³/mol. The zero-order valence-electron chi connectivity index (χ0n) is 11.7. The minimum absolute atomic E-state index is 0.0603. The van der Waals surface area contributed by atoms with Gasteiger partial charge in [0.1, 0.15) is 12.6 Å². The van der Waals surface area contributed by atoms with Gasteiger partial charge in [0.15, 0.2) is 0 Å². The molecule has 0 saturated carbocycles. The number of ether oxygens (including phenoxy) is 1. The first-order valence-electron chi connectivity index (χ1n) is 6.60. The summed E-state index contributed by atoms with van der Waals surface area (Å²) in [4.78, 5) is 15.9. The molecular weight excluding hydrogens is 256 g/mol. The van der Waals surface area contributed by atoms with Crippen molar-refractivity contribution in [3.05, 3.63) is 30.7 Å². The first-order chi connectivity index (χ1) is 9.81. The molecule has 1 fully saturated rings. The van der Waals surface area contributed by atoms with Crippen molar-refractivity contribution >= 4 is 16.6 Å². The van der Waals surface area contributed by atoms with Crippen LogP contribution in [-0.2, 0) is 9.57 Å². The lowest BCUT2D eigenvalue weighted by Gasteiger charge is -2.39. The molecule has 1 atom stereocenters. The molecule has 0 spiro atoms. The number of hydrogen-bond donors (Lipinski definition) is 0. The van der Waals surface area contributed by atoms with Gasteiger partial charge in [-0.15, -0.1) is 0 Å². The minimum Gasteiger partial charge on any atom is -0.366 e. The molecule has 1 saturated heterocycles. The highest BCUT2D eigenvalue weighted by atomic mass is 16.7. The molecule has 0 aliphatic carbocycles. The lowest BCUT2D eigenvalue weighted by atomic mass is 10.2. The van der Waals surface area contributed by atoms with E-state index in [1.54, 1.807) is 20.5 Å². The molecule has 2 aromatic rings. The van der Waals surface area contributed by atoms with Gasteiger partial charge in [-0.1, -0.05) is 0 Å². The highest BCUT2D eigenvalue weighted by molar-refractivity contribution is 5.81. The molecule has 1 aliphatic rings. The van der Waals surface area contributed by atoms with Crippen molar-refractivity contribution in [3.8, 4) is 0 Å². The number of aromatic nitrogens is 2. The third-order valence-electron chi connectivity index (χ3n) is 3.65. The van der Waals surface area contributed by atoms with Crippen molar-refractivity contribution < 1.29 is 9.57 Å². The van der Waals surface area contributed by atoms with Crippen LogP contribution < -0.4 is 4.90 Å². The van der Waals surface area contributed by atoms with Crippen molar-refractivity contribution in [1.29, 1.82) is 0 Å². The predicted octanol–water partition coefficient (Wildman–Crippen LogP) is 1.29. The maximum Gasteiger partial charge on any atom is 0.150 e. The number of rotatable bonds is 3. The van der Waals surface area contributed by atoms with Gasteiger partial charge in [0.25, 0.3) is 0 Å². The van der Waals surface area contributed by atoms with Gasteiger partial charge < -0.3 is 9.64 Å². The second kappa shape index (κ2) is 5.70. The van der Waals surface area contributed by atoms with Crippen molar-refractivity contribution in [2.45, 2.75) is 6.23 Å². The third kappa shape index (κ3) is 2.45. The Labute approximate surface area is 117 Å². The summed E-state index contributed by atoms with van der Waals surface area (Å²) in [5.74, 6) is 0. The van der Waals surface area contributed by atoms with E-state index in [2.05, 4.69) is 33.1 Å². The largest absolute Gasteiger partial charge is 0.366 e. The van der Waals surface area contributed by atoms with Crippen LogP contribution in [0.1, 0.15) is 0 Å².